The minimum Gasteiger partial charge on any atom is -0.365 e. The van der Waals surface area contributed by atoms with E-state index in [0.717, 1.165) is 42.2 Å². The van der Waals surface area contributed by atoms with Crippen LogP contribution < -0.4 is 11.1 Å². The van der Waals surface area contributed by atoms with Gasteiger partial charge < -0.3 is 16.0 Å². The molecule has 7 nitrogen and oxygen atoms in total. The summed E-state index contributed by atoms with van der Waals surface area (Å²) < 4.78 is 13.2. The maximum Gasteiger partial charge on any atom is 0.255 e. The van der Waals surface area contributed by atoms with E-state index in [4.69, 9.17) is 17.3 Å². The van der Waals surface area contributed by atoms with Gasteiger partial charge in [-0.25, -0.2) is 4.39 Å². The molecule has 10 heteroatoms. The molecule has 0 atom stereocenters. The number of rotatable bonds is 5. The van der Waals surface area contributed by atoms with Crippen molar-refractivity contribution in [2.75, 3.05) is 38.0 Å². The average Bonchev–Trinajstić information content (AvgIpc) is 3.11. The maximum absolute atomic E-state index is 13.2. The molecule has 4 rings (SSSR count). The fourth-order valence-corrected chi connectivity index (χ4v) is 5.79. The first-order valence-electron chi connectivity index (χ1n) is 10.5. The number of anilines is 1. The van der Waals surface area contributed by atoms with Crippen LogP contribution in [0.25, 0.3) is 0 Å². The van der Waals surface area contributed by atoms with Crippen molar-refractivity contribution in [1.29, 1.82) is 0 Å². The molecule has 3 amide bonds. The molecule has 1 saturated heterocycles. The van der Waals surface area contributed by atoms with E-state index in [1.165, 1.54) is 23.5 Å². The second kappa shape index (κ2) is 9.56. The van der Waals surface area contributed by atoms with Crippen LogP contribution in [0.2, 0.25) is 5.02 Å². The van der Waals surface area contributed by atoms with Gasteiger partial charge in [-0.05, 0) is 49.4 Å². The first-order chi connectivity index (χ1) is 15.3. The van der Waals surface area contributed by atoms with Crippen molar-refractivity contribution in [3.8, 4) is 0 Å². The third-order valence-electron chi connectivity index (χ3n) is 5.86. The van der Waals surface area contributed by atoms with Gasteiger partial charge in [0.05, 0.1) is 22.7 Å². The molecule has 1 aromatic heterocycles. The molecule has 0 radical (unpaired) electrons. The molecule has 1 fully saturated rings. The lowest BCUT2D eigenvalue weighted by Gasteiger charge is -2.34. The van der Waals surface area contributed by atoms with Crippen LogP contribution in [0, 0.1) is 5.82 Å². The van der Waals surface area contributed by atoms with Crippen molar-refractivity contribution in [2.24, 2.45) is 5.73 Å². The number of halogens is 2. The number of primary amides is 1. The molecule has 32 heavy (non-hydrogen) atoms. The molecule has 3 N–H and O–H groups in total. The van der Waals surface area contributed by atoms with Crippen molar-refractivity contribution in [2.45, 2.75) is 25.7 Å². The highest BCUT2D eigenvalue weighted by Gasteiger charge is 2.27. The monoisotopic (exact) mass is 478 g/mol. The quantitative estimate of drug-likeness (QED) is 0.690. The lowest BCUT2D eigenvalue weighted by molar-refractivity contribution is -0.117. The molecule has 0 spiro atoms. The van der Waals surface area contributed by atoms with Crippen LogP contribution in [0.15, 0.2) is 18.2 Å². The molecule has 1 aliphatic carbocycles. The summed E-state index contributed by atoms with van der Waals surface area (Å²) in [7, 11) is 0. The zero-order valence-corrected chi connectivity index (χ0v) is 19.0. The Bertz CT molecular complexity index is 1070. The SMILES string of the molecule is NC(=O)c1c(NC(=O)CN2CCN(C(=O)c3ccc(F)cc3Cl)CC2)sc2c1CCCC2. The van der Waals surface area contributed by atoms with Gasteiger partial charge in [0.1, 0.15) is 10.8 Å². The Hall–Kier alpha value is -2.49. The number of nitrogens with one attached hydrogen (secondary N) is 1. The minimum absolute atomic E-state index is 0.0840. The van der Waals surface area contributed by atoms with E-state index in [2.05, 4.69) is 5.32 Å². The van der Waals surface area contributed by atoms with Gasteiger partial charge in [-0.2, -0.15) is 0 Å². The number of carbonyl (C=O) groups is 3. The van der Waals surface area contributed by atoms with Gasteiger partial charge in [0.25, 0.3) is 11.8 Å². The van der Waals surface area contributed by atoms with Gasteiger partial charge in [-0.1, -0.05) is 11.6 Å². The lowest BCUT2D eigenvalue weighted by Crippen LogP contribution is -2.50. The summed E-state index contributed by atoms with van der Waals surface area (Å²) in [4.78, 5) is 42.0. The molecule has 170 valence electrons. The van der Waals surface area contributed by atoms with E-state index in [0.29, 0.717) is 36.7 Å². The Balaban J connectivity index is 1.34. The van der Waals surface area contributed by atoms with Crippen molar-refractivity contribution < 1.29 is 18.8 Å². The van der Waals surface area contributed by atoms with E-state index < -0.39 is 11.7 Å². The summed E-state index contributed by atoms with van der Waals surface area (Å²) in [6, 6.07) is 3.72. The number of hydrogen-bond acceptors (Lipinski definition) is 5. The van der Waals surface area contributed by atoms with Gasteiger partial charge in [0, 0.05) is 31.1 Å². The fourth-order valence-electron chi connectivity index (χ4n) is 4.23. The normalized spacial score (nSPS) is 16.5. The van der Waals surface area contributed by atoms with Crippen LogP contribution in [0.3, 0.4) is 0 Å². The highest BCUT2D eigenvalue weighted by molar-refractivity contribution is 7.17. The number of amides is 3. The molecule has 1 aromatic carbocycles. The number of hydrogen-bond donors (Lipinski definition) is 2. The van der Waals surface area contributed by atoms with Crippen molar-refractivity contribution in [1.82, 2.24) is 9.80 Å². The van der Waals surface area contributed by atoms with E-state index in [1.807, 2.05) is 4.90 Å². The predicted molar refractivity (Wildman–Crippen MR) is 122 cm³/mol. The number of thiophene rings is 1. The summed E-state index contributed by atoms with van der Waals surface area (Å²) in [6.45, 7) is 2.04. The van der Waals surface area contributed by atoms with E-state index >= 15 is 0 Å². The van der Waals surface area contributed by atoms with Gasteiger partial charge in [0.15, 0.2) is 0 Å². The number of benzene rings is 1. The number of aryl methyl sites for hydroxylation is 1. The summed E-state index contributed by atoms with van der Waals surface area (Å²) in [5.41, 5.74) is 7.29. The van der Waals surface area contributed by atoms with Gasteiger partial charge in [0.2, 0.25) is 5.91 Å². The molecule has 2 aliphatic rings. The third kappa shape index (κ3) is 4.79. The molecule has 0 saturated carbocycles. The van der Waals surface area contributed by atoms with Crippen molar-refractivity contribution >= 4 is 45.7 Å². The number of nitrogens with zero attached hydrogens (tertiary/aromatic N) is 2. The van der Waals surface area contributed by atoms with Gasteiger partial charge in [-0.3, -0.25) is 19.3 Å². The zero-order chi connectivity index (χ0) is 22.8. The Labute approximate surface area is 194 Å². The summed E-state index contributed by atoms with van der Waals surface area (Å²) in [5.74, 6) is -1.47. The highest BCUT2D eigenvalue weighted by atomic mass is 35.5. The second-order valence-corrected chi connectivity index (χ2v) is 9.53. The van der Waals surface area contributed by atoms with Crippen LogP contribution in [-0.4, -0.2) is 60.2 Å². The van der Waals surface area contributed by atoms with Crippen molar-refractivity contribution in [3.63, 3.8) is 0 Å². The Morgan fingerprint density at radius 1 is 1.12 bits per heavy atom. The molecular formula is C22H24ClFN4O3S. The zero-order valence-electron chi connectivity index (χ0n) is 17.5. The van der Waals surface area contributed by atoms with Crippen LogP contribution in [0.1, 0.15) is 44.0 Å². The first-order valence-corrected chi connectivity index (χ1v) is 11.7. The Morgan fingerprint density at radius 3 is 2.53 bits per heavy atom. The topological polar surface area (TPSA) is 95.7 Å². The summed E-state index contributed by atoms with van der Waals surface area (Å²) in [5, 5.41) is 3.49. The first kappa shape index (κ1) is 22.7. The second-order valence-electron chi connectivity index (χ2n) is 8.02. The Kier molecular flexibility index (Phi) is 6.78. The molecular weight excluding hydrogens is 455 g/mol. The maximum atomic E-state index is 13.2. The fraction of sp³-hybridized carbons (Fsp3) is 0.409. The van der Waals surface area contributed by atoms with Crippen LogP contribution in [0.5, 0.6) is 0 Å². The van der Waals surface area contributed by atoms with Crippen LogP contribution in [-0.2, 0) is 17.6 Å². The molecule has 1 aliphatic heterocycles. The van der Waals surface area contributed by atoms with Crippen LogP contribution in [0.4, 0.5) is 9.39 Å². The highest BCUT2D eigenvalue weighted by Crippen LogP contribution is 2.37. The smallest absolute Gasteiger partial charge is 0.255 e. The predicted octanol–water partition coefficient (Wildman–Crippen LogP) is 2.91. The number of fused-ring (bicyclic) bond motifs is 1. The molecule has 2 heterocycles. The Morgan fingerprint density at radius 2 is 1.84 bits per heavy atom. The van der Waals surface area contributed by atoms with E-state index in [1.54, 1.807) is 4.90 Å². The number of piperazine rings is 1. The standard InChI is InChI=1S/C22H24ClFN4O3S/c23-16-11-13(24)5-6-14(16)22(31)28-9-7-27(8-10-28)12-18(29)26-21-19(20(25)30)15-3-1-2-4-17(15)32-21/h5-6,11H,1-4,7-10,12H2,(H2,25,30)(H,26,29). The summed E-state index contributed by atoms with van der Waals surface area (Å²) >= 11 is 7.45. The third-order valence-corrected chi connectivity index (χ3v) is 7.38. The van der Waals surface area contributed by atoms with Gasteiger partial charge >= 0.3 is 0 Å². The average molecular weight is 479 g/mol. The lowest BCUT2D eigenvalue weighted by atomic mass is 9.95. The molecule has 0 bridgehead atoms. The number of carbonyl (C=O) groups excluding carboxylic acids is 3. The van der Waals surface area contributed by atoms with Crippen LogP contribution >= 0.6 is 22.9 Å². The number of nitrogens with two attached hydrogens (primary N) is 1. The van der Waals surface area contributed by atoms with Gasteiger partial charge in [-0.15, -0.1) is 11.3 Å². The molecule has 2 aromatic rings. The van der Waals surface area contributed by atoms with Crippen molar-refractivity contribution in [3.05, 3.63) is 50.6 Å². The molecule has 0 unspecified atom stereocenters. The summed E-state index contributed by atoms with van der Waals surface area (Å²) in [6.07, 6.45) is 3.81. The minimum atomic E-state index is -0.508. The van der Waals surface area contributed by atoms with E-state index in [-0.39, 0.29) is 28.9 Å². The largest absolute Gasteiger partial charge is 0.365 e. The van der Waals surface area contributed by atoms with E-state index in [9.17, 15) is 18.8 Å².